The Morgan fingerprint density at radius 3 is 2.39 bits per heavy atom. The van der Waals surface area contributed by atoms with Crippen molar-refractivity contribution in [2.75, 3.05) is 6.61 Å². The van der Waals surface area contributed by atoms with Crippen LogP contribution in [0, 0.1) is 0 Å². The maximum Gasteiger partial charge on any atom is 0.212 e. The predicted molar refractivity (Wildman–Crippen MR) is 77.7 cm³/mol. The van der Waals surface area contributed by atoms with Gasteiger partial charge < -0.3 is 4.74 Å². The van der Waals surface area contributed by atoms with Crippen LogP contribution in [-0.2, 0) is 4.74 Å². The van der Waals surface area contributed by atoms with Crippen molar-refractivity contribution in [2.45, 2.75) is 26.3 Å². The van der Waals surface area contributed by atoms with Gasteiger partial charge in [0.15, 0.2) is 0 Å². The SMILES string of the molecule is C=Cc1ccc(/C=C(/C)C2=NC(C)(C)CO2)cc1. The van der Waals surface area contributed by atoms with Crippen LogP contribution in [0.4, 0.5) is 0 Å². The van der Waals surface area contributed by atoms with E-state index in [4.69, 9.17) is 4.74 Å². The number of nitrogens with zero attached hydrogens (tertiary/aromatic N) is 1. The van der Waals surface area contributed by atoms with Crippen LogP contribution in [0.25, 0.3) is 12.2 Å². The first-order valence-electron chi connectivity index (χ1n) is 6.14. The quantitative estimate of drug-likeness (QED) is 0.785. The summed E-state index contributed by atoms with van der Waals surface area (Å²) < 4.78 is 5.61. The normalized spacial score (nSPS) is 18.2. The van der Waals surface area contributed by atoms with E-state index in [2.05, 4.69) is 43.6 Å². The molecule has 0 atom stereocenters. The Morgan fingerprint density at radius 2 is 1.89 bits per heavy atom. The van der Waals surface area contributed by atoms with Crippen molar-refractivity contribution in [3.8, 4) is 0 Å². The van der Waals surface area contributed by atoms with Crippen molar-refractivity contribution >= 4 is 18.0 Å². The van der Waals surface area contributed by atoms with E-state index in [9.17, 15) is 0 Å². The molecule has 1 aromatic rings. The number of benzene rings is 1. The van der Waals surface area contributed by atoms with E-state index in [1.54, 1.807) is 0 Å². The van der Waals surface area contributed by atoms with E-state index >= 15 is 0 Å². The van der Waals surface area contributed by atoms with Crippen molar-refractivity contribution < 1.29 is 4.74 Å². The van der Waals surface area contributed by atoms with Gasteiger partial charge in [0.2, 0.25) is 5.90 Å². The highest BCUT2D eigenvalue weighted by Gasteiger charge is 2.26. The molecule has 2 heteroatoms. The number of hydrogen-bond acceptors (Lipinski definition) is 2. The second-order valence-corrected chi connectivity index (χ2v) is 5.22. The minimum atomic E-state index is -0.100. The number of hydrogen-bond donors (Lipinski definition) is 0. The molecule has 18 heavy (non-hydrogen) atoms. The first-order chi connectivity index (χ1) is 8.50. The van der Waals surface area contributed by atoms with E-state index < -0.39 is 0 Å². The Bertz CT molecular complexity index is 506. The molecule has 0 fully saturated rings. The summed E-state index contributed by atoms with van der Waals surface area (Å²) in [5.41, 5.74) is 3.23. The largest absolute Gasteiger partial charge is 0.475 e. The van der Waals surface area contributed by atoms with Crippen LogP contribution >= 0.6 is 0 Å². The van der Waals surface area contributed by atoms with Gasteiger partial charge in [-0.3, -0.25) is 0 Å². The highest BCUT2D eigenvalue weighted by Crippen LogP contribution is 2.21. The van der Waals surface area contributed by atoms with Crippen molar-refractivity contribution in [3.05, 3.63) is 47.5 Å². The molecule has 0 spiro atoms. The summed E-state index contributed by atoms with van der Waals surface area (Å²) in [4.78, 5) is 4.56. The number of ether oxygens (including phenoxy) is 1. The van der Waals surface area contributed by atoms with E-state index in [1.807, 2.05) is 25.1 Å². The summed E-state index contributed by atoms with van der Waals surface area (Å²) in [6, 6.07) is 8.24. The molecule has 2 nitrogen and oxygen atoms in total. The molecule has 0 unspecified atom stereocenters. The van der Waals surface area contributed by atoms with Gasteiger partial charge in [0.1, 0.15) is 6.61 Å². The fraction of sp³-hybridized carbons (Fsp3) is 0.312. The van der Waals surface area contributed by atoms with Crippen molar-refractivity contribution in [3.63, 3.8) is 0 Å². The molecule has 0 aromatic heterocycles. The second-order valence-electron chi connectivity index (χ2n) is 5.22. The topological polar surface area (TPSA) is 21.6 Å². The highest BCUT2D eigenvalue weighted by atomic mass is 16.5. The van der Waals surface area contributed by atoms with E-state index in [-0.39, 0.29) is 5.54 Å². The maximum absolute atomic E-state index is 5.61. The minimum absolute atomic E-state index is 0.100. The Kier molecular flexibility index (Phi) is 3.37. The van der Waals surface area contributed by atoms with Crippen molar-refractivity contribution in [2.24, 2.45) is 4.99 Å². The molecular weight excluding hydrogens is 222 g/mol. The molecule has 0 bridgehead atoms. The summed E-state index contributed by atoms with van der Waals surface area (Å²) in [7, 11) is 0. The van der Waals surface area contributed by atoms with Gasteiger partial charge >= 0.3 is 0 Å². The smallest absolute Gasteiger partial charge is 0.212 e. The third-order valence-electron chi connectivity index (χ3n) is 2.86. The Hall–Kier alpha value is -1.83. The molecule has 1 aliphatic heterocycles. The van der Waals surface area contributed by atoms with Crippen LogP contribution in [0.5, 0.6) is 0 Å². The molecule has 0 N–H and O–H groups in total. The number of aliphatic imine (C=N–C) groups is 1. The van der Waals surface area contributed by atoms with Gasteiger partial charge in [0.05, 0.1) is 5.54 Å². The molecule has 1 aromatic carbocycles. The first kappa shape index (κ1) is 12.6. The second kappa shape index (κ2) is 4.81. The van der Waals surface area contributed by atoms with E-state index in [0.717, 1.165) is 22.6 Å². The summed E-state index contributed by atoms with van der Waals surface area (Å²) >= 11 is 0. The van der Waals surface area contributed by atoms with Gasteiger partial charge in [-0.05, 0) is 38.0 Å². The Labute approximate surface area is 109 Å². The monoisotopic (exact) mass is 241 g/mol. The molecular formula is C16H19NO. The zero-order chi connectivity index (χ0) is 13.2. The maximum atomic E-state index is 5.61. The van der Waals surface area contributed by atoms with E-state index in [1.165, 1.54) is 0 Å². The van der Waals surface area contributed by atoms with Crippen LogP contribution in [0.2, 0.25) is 0 Å². The van der Waals surface area contributed by atoms with E-state index in [0.29, 0.717) is 6.61 Å². The summed E-state index contributed by atoms with van der Waals surface area (Å²) in [6.07, 6.45) is 3.93. The Morgan fingerprint density at radius 1 is 1.28 bits per heavy atom. The number of rotatable bonds is 3. The summed E-state index contributed by atoms with van der Waals surface area (Å²) in [5.74, 6) is 0.757. The van der Waals surface area contributed by atoms with Gasteiger partial charge in [-0.1, -0.05) is 36.9 Å². The zero-order valence-corrected chi connectivity index (χ0v) is 11.2. The van der Waals surface area contributed by atoms with Crippen LogP contribution in [0.3, 0.4) is 0 Å². The van der Waals surface area contributed by atoms with Crippen LogP contribution in [-0.4, -0.2) is 18.0 Å². The summed E-state index contributed by atoms with van der Waals surface area (Å²) in [5, 5.41) is 0. The lowest BCUT2D eigenvalue weighted by molar-refractivity contribution is 0.279. The van der Waals surface area contributed by atoms with Gasteiger partial charge in [-0.2, -0.15) is 0 Å². The zero-order valence-electron chi connectivity index (χ0n) is 11.2. The average Bonchev–Trinajstić information content (AvgIpc) is 2.71. The highest BCUT2D eigenvalue weighted by molar-refractivity contribution is 5.98. The van der Waals surface area contributed by atoms with Crippen LogP contribution in [0.1, 0.15) is 31.9 Å². The van der Waals surface area contributed by atoms with Crippen LogP contribution in [0.15, 0.2) is 41.4 Å². The molecule has 1 aliphatic rings. The molecule has 94 valence electrons. The molecule has 1 heterocycles. The molecule has 0 radical (unpaired) electrons. The lowest BCUT2D eigenvalue weighted by Gasteiger charge is -2.07. The average molecular weight is 241 g/mol. The molecule has 2 rings (SSSR count). The first-order valence-corrected chi connectivity index (χ1v) is 6.14. The predicted octanol–water partition coefficient (Wildman–Crippen LogP) is 3.94. The lowest BCUT2D eigenvalue weighted by Crippen LogP contribution is -2.17. The van der Waals surface area contributed by atoms with Gasteiger partial charge in [-0.25, -0.2) is 4.99 Å². The molecule has 0 saturated heterocycles. The fourth-order valence-electron chi connectivity index (χ4n) is 1.83. The third kappa shape index (κ3) is 2.89. The molecule has 0 saturated carbocycles. The van der Waals surface area contributed by atoms with Crippen LogP contribution < -0.4 is 0 Å². The Balaban J connectivity index is 2.20. The molecule has 0 aliphatic carbocycles. The fourth-order valence-corrected chi connectivity index (χ4v) is 1.83. The van der Waals surface area contributed by atoms with Gasteiger partial charge in [0, 0.05) is 5.57 Å². The summed E-state index contributed by atoms with van der Waals surface area (Å²) in [6.45, 7) is 10.6. The van der Waals surface area contributed by atoms with Crippen molar-refractivity contribution in [1.29, 1.82) is 0 Å². The standard InChI is InChI=1S/C16H19NO/c1-5-13-6-8-14(9-7-13)10-12(2)15-17-16(3,4)11-18-15/h5-10H,1,11H2,2-4H3/b12-10-. The van der Waals surface area contributed by atoms with Crippen molar-refractivity contribution in [1.82, 2.24) is 0 Å². The van der Waals surface area contributed by atoms with Gasteiger partial charge in [0.25, 0.3) is 0 Å². The van der Waals surface area contributed by atoms with Gasteiger partial charge in [-0.15, -0.1) is 0 Å². The molecule has 0 amide bonds. The minimum Gasteiger partial charge on any atom is -0.475 e. The third-order valence-corrected chi connectivity index (χ3v) is 2.86. The lowest BCUT2D eigenvalue weighted by atomic mass is 10.1.